The summed E-state index contributed by atoms with van der Waals surface area (Å²) in [4.78, 5) is 0. The monoisotopic (exact) mass is 185 g/mol. The van der Waals surface area contributed by atoms with Crippen molar-refractivity contribution in [3.63, 3.8) is 0 Å². The maximum Gasteiger partial charge on any atom is 0.124 e. The van der Waals surface area contributed by atoms with Crippen LogP contribution in [0.2, 0.25) is 0 Å². The van der Waals surface area contributed by atoms with E-state index in [4.69, 9.17) is 9.84 Å². The Labute approximate surface area is 77.5 Å². The van der Waals surface area contributed by atoms with Crippen LogP contribution in [-0.4, -0.2) is 30.1 Å². The summed E-state index contributed by atoms with van der Waals surface area (Å²) in [6, 6.07) is 1.83. The highest BCUT2D eigenvalue weighted by Gasteiger charge is 1.95. The second-order valence-electron chi connectivity index (χ2n) is 2.78. The first-order valence-corrected chi connectivity index (χ1v) is 4.51. The molecule has 0 bridgehead atoms. The van der Waals surface area contributed by atoms with E-state index in [1.54, 1.807) is 6.26 Å². The molecule has 0 saturated carbocycles. The van der Waals surface area contributed by atoms with Crippen LogP contribution in [0, 0.1) is 0 Å². The van der Waals surface area contributed by atoms with Gasteiger partial charge in [-0.25, -0.2) is 0 Å². The predicted molar refractivity (Wildman–Crippen MR) is 47.3 cm³/mol. The smallest absolute Gasteiger partial charge is 0.124 e. The van der Waals surface area contributed by atoms with Crippen molar-refractivity contribution in [3.8, 4) is 0 Å². The quantitative estimate of drug-likeness (QED) is 0.644. The number of rotatable bonds is 7. The molecule has 0 radical (unpaired) electrons. The fourth-order valence-corrected chi connectivity index (χ4v) is 0.961. The predicted octanol–water partition coefficient (Wildman–Crippen LogP) is 1.01. The molecule has 1 rings (SSSR count). The highest BCUT2D eigenvalue weighted by atomic mass is 16.5. The minimum absolute atomic E-state index is 0.243. The zero-order chi connectivity index (χ0) is 9.36. The lowest BCUT2D eigenvalue weighted by Crippen LogP contribution is -2.01. The highest BCUT2D eigenvalue weighted by molar-refractivity contribution is 4.94. The highest BCUT2D eigenvalue weighted by Crippen LogP contribution is 1.96. The van der Waals surface area contributed by atoms with Crippen LogP contribution in [0.5, 0.6) is 0 Å². The molecule has 4 nitrogen and oxygen atoms in total. The van der Waals surface area contributed by atoms with Crippen molar-refractivity contribution in [2.24, 2.45) is 0 Å². The number of nitrogens with zero attached hydrogens (tertiary/aromatic N) is 1. The average Bonchev–Trinajstić information content (AvgIpc) is 2.63. The van der Waals surface area contributed by atoms with Gasteiger partial charge in [0.25, 0.3) is 0 Å². The summed E-state index contributed by atoms with van der Waals surface area (Å²) >= 11 is 0. The molecule has 0 aliphatic heterocycles. The molecule has 0 fully saturated rings. The van der Waals surface area contributed by atoms with E-state index < -0.39 is 0 Å². The van der Waals surface area contributed by atoms with Gasteiger partial charge in [0, 0.05) is 25.7 Å². The molecule has 0 aliphatic rings. The summed E-state index contributed by atoms with van der Waals surface area (Å²) < 4.78 is 9.99. The number of hydrogen-bond donors (Lipinski definition) is 1. The Morgan fingerprint density at radius 3 is 3.00 bits per heavy atom. The first-order chi connectivity index (χ1) is 6.43. The second-order valence-corrected chi connectivity index (χ2v) is 2.78. The third-order valence-electron chi connectivity index (χ3n) is 1.69. The molecular weight excluding hydrogens is 170 g/mol. The Balaban J connectivity index is 1.90. The molecule has 1 aromatic rings. The van der Waals surface area contributed by atoms with Crippen LogP contribution >= 0.6 is 0 Å². The molecule has 1 N–H and O–H groups in total. The van der Waals surface area contributed by atoms with Gasteiger partial charge in [0.15, 0.2) is 0 Å². The first kappa shape index (κ1) is 10.2. The summed E-state index contributed by atoms with van der Waals surface area (Å²) in [5.41, 5.74) is 0.919. The van der Waals surface area contributed by atoms with E-state index in [1.165, 1.54) is 0 Å². The molecular formula is C9H15NO3. The molecule has 1 heterocycles. The second kappa shape index (κ2) is 6.62. The molecule has 0 aliphatic carbocycles. The van der Waals surface area contributed by atoms with Gasteiger partial charge in [-0.1, -0.05) is 5.16 Å². The van der Waals surface area contributed by atoms with Crippen LogP contribution in [0.15, 0.2) is 16.9 Å². The van der Waals surface area contributed by atoms with Gasteiger partial charge in [0.1, 0.15) is 6.26 Å². The van der Waals surface area contributed by atoms with Crippen LogP contribution in [0.3, 0.4) is 0 Å². The molecule has 4 heteroatoms. The average molecular weight is 185 g/mol. The molecule has 0 aromatic carbocycles. The van der Waals surface area contributed by atoms with Crippen LogP contribution in [0.25, 0.3) is 0 Å². The van der Waals surface area contributed by atoms with Crippen molar-refractivity contribution >= 4 is 0 Å². The first-order valence-electron chi connectivity index (χ1n) is 4.51. The Bertz CT molecular complexity index is 199. The fourth-order valence-electron chi connectivity index (χ4n) is 0.961. The number of aliphatic hydroxyl groups excluding tert-OH is 1. The Hall–Kier alpha value is -0.870. The van der Waals surface area contributed by atoms with Crippen molar-refractivity contribution in [1.82, 2.24) is 5.16 Å². The molecule has 0 amide bonds. The van der Waals surface area contributed by atoms with Crippen molar-refractivity contribution in [2.45, 2.75) is 19.3 Å². The summed E-state index contributed by atoms with van der Waals surface area (Å²) in [5.74, 6) is 0. The summed E-state index contributed by atoms with van der Waals surface area (Å²) in [6.07, 6.45) is 4.07. The number of ether oxygens (including phenoxy) is 1. The van der Waals surface area contributed by atoms with Gasteiger partial charge in [-0.05, 0) is 12.8 Å². The molecule has 0 atom stereocenters. The normalized spacial score (nSPS) is 10.5. The maximum absolute atomic E-state index is 8.50. The van der Waals surface area contributed by atoms with E-state index in [9.17, 15) is 0 Å². The molecule has 13 heavy (non-hydrogen) atoms. The van der Waals surface area contributed by atoms with E-state index in [-0.39, 0.29) is 6.61 Å². The third kappa shape index (κ3) is 4.65. The van der Waals surface area contributed by atoms with Crippen LogP contribution in [0.1, 0.15) is 18.5 Å². The van der Waals surface area contributed by atoms with Crippen LogP contribution in [-0.2, 0) is 11.2 Å². The zero-order valence-corrected chi connectivity index (χ0v) is 7.61. The Kier molecular flexibility index (Phi) is 5.20. The minimum Gasteiger partial charge on any atom is -0.396 e. The maximum atomic E-state index is 8.50. The summed E-state index contributed by atoms with van der Waals surface area (Å²) in [7, 11) is 0. The number of unbranched alkanes of at least 4 members (excludes halogenated alkanes) is 1. The Morgan fingerprint density at radius 2 is 2.31 bits per heavy atom. The lowest BCUT2D eigenvalue weighted by Gasteiger charge is -2.00. The Morgan fingerprint density at radius 1 is 1.38 bits per heavy atom. The number of aromatic nitrogens is 1. The molecule has 0 unspecified atom stereocenters. The van der Waals surface area contributed by atoms with Gasteiger partial charge in [-0.2, -0.15) is 0 Å². The lowest BCUT2D eigenvalue weighted by atomic mass is 10.3. The molecule has 1 aromatic heterocycles. The van der Waals surface area contributed by atoms with Crippen LogP contribution < -0.4 is 0 Å². The third-order valence-corrected chi connectivity index (χ3v) is 1.69. The van der Waals surface area contributed by atoms with Gasteiger partial charge in [0.05, 0.1) is 12.3 Å². The van der Waals surface area contributed by atoms with E-state index in [2.05, 4.69) is 9.68 Å². The van der Waals surface area contributed by atoms with Crippen molar-refractivity contribution in [2.75, 3.05) is 19.8 Å². The van der Waals surface area contributed by atoms with E-state index in [0.29, 0.717) is 13.2 Å². The lowest BCUT2D eigenvalue weighted by molar-refractivity contribution is 0.127. The van der Waals surface area contributed by atoms with Gasteiger partial charge in [-0.15, -0.1) is 0 Å². The van der Waals surface area contributed by atoms with E-state index >= 15 is 0 Å². The molecule has 0 spiro atoms. The number of aliphatic hydroxyl groups is 1. The molecule has 74 valence electrons. The standard InChI is InChI=1S/C9H15NO3/c11-5-1-2-6-12-7-3-9-4-8-13-10-9/h4,8,11H,1-3,5-7H2. The van der Waals surface area contributed by atoms with Gasteiger partial charge < -0.3 is 14.4 Å². The summed E-state index contributed by atoms with van der Waals surface area (Å²) in [5, 5.41) is 12.3. The van der Waals surface area contributed by atoms with Gasteiger partial charge in [0.2, 0.25) is 0 Å². The fraction of sp³-hybridized carbons (Fsp3) is 0.667. The summed E-state index contributed by atoms with van der Waals surface area (Å²) in [6.45, 7) is 1.61. The SMILES string of the molecule is OCCCCOCCc1ccon1. The molecule has 0 saturated heterocycles. The van der Waals surface area contributed by atoms with E-state index in [1.807, 2.05) is 6.07 Å². The van der Waals surface area contributed by atoms with Crippen molar-refractivity contribution in [1.29, 1.82) is 0 Å². The topological polar surface area (TPSA) is 55.5 Å². The van der Waals surface area contributed by atoms with E-state index in [0.717, 1.165) is 25.0 Å². The van der Waals surface area contributed by atoms with Crippen molar-refractivity contribution < 1.29 is 14.4 Å². The van der Waals surface area contributed by atoms with Crippen molar-refractivity contribution in [3.05, 3.63) is 18.0 Å². The minimum atomic E-state index is 0.243. The largest absolute Gasteiger partial charge is 0.396 e. The zero-order valence-electron chi connectivity index (χ0n) is 7.61. The van der Waals surface area contributed by atoms with Crippen LogP contribution in [0.4, 0.5) is 0 Å². The number of hydrogen-bond acceptors (Lipinski definition) is 4. The van der Waals surface area contributed by atoms with Gasteiger partial charge in [-0.3, -0.25) is 0 Å². The van der Waals surface area contributed by atoms with Gasteiger partial charge >= 0.3 is 0 Å².